The number of methoxy groups -OCH3 is 1. The second-order valence-corrected chi connectivity index (χ2v) is 7.96. The molecule has 3 aromatic carbocycles. The van der Waals surface area contributed by atoms with Crippen molar-refractivity contribution in [2.24, 2.45) is 0 Å². The molecule has 8 heteroatoms. The summed E-state index contributed by atoms with van der Waals surface area (Å²) in [5.74, 6) is 0.921. The molecule has 3 rings (SSSR count). The van der Waals surface area contributed by atoms with Gasteiger partial charge in [0.2, 0.25) is 0 Å². The predicted octanol–water partition coefficient (Wildman–Crippen LogP) is 4.15. The van der Waals surface area contributed by atoms with Crippen LogP contribution >= 0.6 is 0 Å². The molecule has 0 unspecified atom stereocenters. The lowest BCUT2D eigenvalue weighted by Gasteiger charge is -2.10. The van der Waals surface area contributed by atoms with E-state index in [0.717, 1.165) is 0 Å². The summed E-state index contributed by atoms with van der Waals surface area (Å²) in [6, 6.07) is 19.3. The molecule has 0 atom stereocenters. The van der Waals surface area contributed by atoms with Crippen LogP contribution in [0.5, 0.6) is 11.5 Å². The Hall–Kier alpha value is -3.52. The van der Waals surface area contributed by atoms with Crippen LogP contribution in [0.15, 0.2) is 77.7 Å². The number of benzene rings is 3. The number of rotatable bonds is 8. The summed E-state index contributed by atoms with van der Waals surface area (Å²) in [7, 11) is -2.23. The summed E-state index contributed by atoms with van der Waals surface area (Å²) < 4.78 is 38.1. The van der Waals surface area contributed by atoms with Crippen LogP contribution in [0.1, 0.15) is 17.3 Å². The minimum absolute atomic E-state index is 0.0784. The average Bonchev–Trinajstić information content (AvgIpc) is 2.75. The summed E-state index contributed by atoms with van der Waals surface area (Å²) in [6.07, 6.45) is 0. The topological polar surface area (TPSA) is 93.7 Å². The van der Waals surface area contributed by atoms with Gasteiger partial charge < -0.3 is 14.8 Å². The largest absolute Gasteiger partial charge is 0.497 e. The van der Waals surface area contributed by atoms with Crippen molar-refractivity contribution in [3.63, 3.8) is 0 Å². The van der Waals surface area contributed by atoms with Gasteiger partial charge in [0.15, 0.2) is 0 Å². The summed E-state index contributed by atoms with van der Waals surface area (Å²) in [4.78, 5) is 12.5. The molecule has 0 aliphatic rings. The van der Waals surface area contributed by atoms with Crippen LogP contribution < -0.4 is 19.5 Å². The Morgan fingerprint density at radius 3 is 2.20 bits per heavy atom. The van der Waals surface area contributed by atoms with Crippen LogP contribution in [0.2, 0.25) is 0 Å². The molecular weight excluding hydrogens is 404 g/mol. The van der Waals surface area contributed by atoms with E-state index in [1.807, 2.05) is 6.92 Å². The van der Waals surface area contributed by atoms with Crippen molar-refractivity contribution in [3.8, 4) is 11.5 Å². The molecule has 30 heavy (non-hydrogen) atoms. The van der Waals surface area contributed by atoms with Gasteiger partial charge in [0.05, 0.1) is 18.6 Å². The van der Waals surface area contributed by atoms with E-state index in [0.29, 0.717) is 35.0 Å². The number of nitrogens with one attached hydrogen (secondary N) is 2. The van der Waals surface area contributed by atoms with Crippen LogP contribution in [0.3, 0.4) is 0 Å². The molecule has 156 valence electrons. The van der Waals surface area contributed by atoms with Gasteiger partial charge in [-0.3, -0.25) is 9.52 Å². The van der Waals surface area contributed by atoms with Gasteiger partial charge in [-0.25, -0.2) is 8.42 Å². The van der Waals surface area contributed by atoms with Crippen LogP contribution in [0.25, 0.3) is 0 Å². The molecule has 0 fully saturated rings. The zero-order valence-corrected chi connectivity index (χ0v) is 17.4. The normalized spacial score (nSPS) is 10.9. The van der Waals surface area contributed by atoms with Gasteiger partial charge >= 0.3 is 0 Å². The Balaban J connectivity index is 1.69. The van der Waals surface area contributed by atoms with Crippen molar-refractivity contribution in [2.45, 2.75) is 11.8 Å². The molecule has 0 aromatic heterocycles. The van der Waals surface area contributed by atoms with Crippen molar-refractivity contribution in [2.75, 3.05) is 23.8 Å². The predicted molar refractivity (Wildman–Crippen MR) is 116 cm³/mol. The van der Waals surface area contributed by atoms with E-state index >= 15 is 0 Å². The second kappa shape index (κ2) is 9.32. The highest BCUT2D eigenvalue weighted by atomic mass is 32.2. The van der Waals surface area contributed by atoms with Gasteiger partial charge in [-0.2, -0.15) is 0 Å². The molecule has 7 nitrogen and oxygen atoms in total. The Morgan fingerprint density at radius 2 is 1.57 bits per heavy atom. The van der Waals surface area contributed by atoms with Gasteiger partial charge in [-0.05, 0) is 73.7 Å². The minimum Gasteiger partial charge on any atom is -0.497 e. The van der Waals surface area contributed by atoms with Crippen molar-refractivity contribution in [1.29, 1.82) is 0 Å². The molecule has 2 N–H and O–H groups in total. The fourth-order valence-corrected chi connectivity index (χ4v) is 3.75. The number of anilines is 2. The Morgan fingerprint density at radius 1 is 0.900 bits per heavy atom. The molecule has 0 aliphatic heterocycles. The van der Waals surface area contributed by atoms with Gasteiger partial charge in [-0.15, -0.1) is 0 Å². The van der Waals surface area contributed by atoms with Crippen LogP contribution in [0.4, 0.5) is 11.4 Å². The molecule has 0 saturated heterocycles. The zero-order valence-electron chi connectivity index (χ0n) is 16.6. The molecule has 0 radical (unpaired) electrons. The van der Waals surface area contributed by atoms with Gasteiger partial charge in [0, 0.05) is 16.9 Å². The van der Waals surface area contributed by atoms with E-state index in [4.69, 9.17) is 9.47 Å². The summed E-state index contributed by atoms with van der Waals surface area (Å²) >= 11 is 0. The second-order valence-electron chi connectivity index (χ2n) is 6.27. The molecule has 3 aromatic rings. The Kier molecular flexibility index (Phi) is 6.58. The number of ether oxygens (including phenoxy) is 2. The summed E-state index contributed by atoms with van der Waals surface area (Å²) in [6.45, 7) is 2.37. The van der Waals surface area contributed by atoms with E-state index in [1.54, 1.807) is 48.5 Å². The first-order valence-corrected chi connectivity index (χ1v) is 10.7. The average molecular weight is 426 g/mol. The third kappa shape index (κ3) is 5.30. The first-order chi connectivity index (χ1) is 14.4. The first kappa shape index (κ1) is 21.2. The van der Waals surface area contributed by atoms with E-state index < -0.39 is 10.0 Å². The molecule has 0 saturated carbocycles. The number of carbonyl (C=O) groups is 1. The molecule has 1 amide bonds. The minimum atomic E-state index is -3.76. The number of carbonyl (C=O) groups excluding carboxylic acids is 1. The lowest BCUT2D eigenvalue weighted by molar-refractivity contribution is 0.102. The number of hydrogen-bond donors (Lipinski definition) is 2. The Bertz CT molecular complexity index is 1110. The number of sulfonamides is 1. The maximum absolute atomic E-state index is 12.6. The molecule has 0 bridgehead atoms. The smallest absolute Gasteiger partial charge is 0.261 e. The van der Waals surface area contributed by atoms with E-state index in [-0.39, 0.29) is 10.8 Å². The first-order valence-electron chi connectivity index (χ1n) is 9.22. The Labute approximate surface area is 175 Å². The highest BCUT2D eigenvalue weighted by molar-refractivity contribution is 7.92. The maximum Gasteiger partial charge on any atom is 0.261 e. The lowest BCUT2D eigenvalue weighted by Crippen LogP contribution is -2.14. The standard InChI is InChI=1S/C22H22N2O5S/c1-3-29-20-6-4-5-16(15-20)22(25)23-17-9-13-21(14-10-17)30(26,27)24-18-7-11-19(28-2)12-8-18/h4-15,24H,3H2,1-2H3,(H,23,25). The van der Waals surface area contributed by atoms with Crippen molar-refractivity contribution >= 4 is 27.3 Å². The van der Waals surface area contributed by atoms with Crippen molar-refractivity contribution in [3.05, 3.63) is 78.4 Å². The van der Waals surface area contributed by atoms with Gasteiger partial charge in [0.25, 0.3) is 15.9 Å². The fourth-order valence-electron chi connectivity index (χ4n) is 2.69. The quantitative estimate of drug-likeness (QED) is 0.564. The fraction of sp³-hybridized carbons (Fsp3) is 0.136. The SMILES string of the molecule is CCOc1cccc(C(=O)Nc2ccc(S(=O)(=O)Nc3ccc(OC)cc3)cc2)c1. The summed E-state index contributed by atoms with van der Waals surface area (Å²) in [5, 5.41) is 2.74. The number of hydrogen-bond acceptors (Lipinski definition) is 5. The van der Waals surface area contributed by atoms with Gasteiger partial charge in [0.1, 0.15) is 11.5 Å². The molecule has 0 aliphatic carbocycles. The highest BCUT2D eigenvalue weighted by Gasteiger charge is 2.15. The van der Waals surface area contributed by atoms with Crippen LogP contribution in [-0.2, 0) is 10.0 Å². The van der Waals surface area contributed by atoms with Crippen molar-refractivity contribution in [1.82, 2.24) is 0 Å². The van der Waals surface area contributed by atoms with E-state index in [1.165, 1.54) is 31.4 Å². The maximum atomic E-state index is 12.6. The highest BCUT2D eigenvalue weighted by Crippen LogP contribution is 2.21. The van der Waals surface area contributed by atoms with E-state index in [9.17, 15) is 13.2 Å². The molecule has 0 heterocycles. The third-order valence-electron chi connectivity index (χ3n) is 4.17. The van der Waals surface area contributed by atoms with E-state index in [2.05, 4.69) is 10.0 Å². The zero-order chi connectivity index (χ0) is 21.6. The van der Waals surface area contributed by atoms with Crippen molar-refractivity contribution < 1.29 is 22.7 Å². The number of amides is 1. The lowest BCUT2D eigenvalue weighted by atomic mass is 10.2. The van der Waals surface area contributed by atoms with Crippen LogP contribution in [0, 0.1) is 0 Å². The summed E-state index contributed by atoms with van der Waals surface area (Å²) in [5.41, 5.74) is 1.34. The monoisotopic (exact) mass is 426 g/mol. The molecular formula is C22H22N2O5S. The van der Waals surface area contributed by atoms with Gasteiger partial charge in [-0.1, -0.05) is 6.07 Å². The van der Waals surface area contributed by atoms with Crippen LogP contribution in [-0.4, -0.2) is 28.0 Å². The molecule has 0 spiro atoms. The third-order valence-corrected chi connectivity index (χ3v) is 5.57.